The van der Waals surface area contributed by atoms with Crippen LogP contribution < -0.4 is 10.6 Å². The first-order valence-electron chi connectivity index (χ1n) is 11.2. The quantitative estimate of drug-likeness (QED) is 0.504. The molecule has 2 aliphatic rings. The van der Waals surface area contributed by atoms with Crippen LogP contribution in [0.4, 0.5) is 4.79 Å². The number of esters is 1. The summed E-state index contributed by atoms with van der Waals surface area (Å²) in [5, 5.41) is 5.11. The van der Waals surface area contributed by atoms with Gasteiger partial charge in [0.2, 0.25) is 5.91 Å². The number of ether oxygens (including phenoxy) is 6. The Morgan fingerprint density at radius 1 is 1.03 bits per heavy atom. The molecule has 33 heavy (non-hydrogen) atoms. The first kappa shape index (κ1) is 27.3. The molecular formula is C22H38N2O9. The number of fused-ring (bicyclic) bond motifs is 1. The molecule has 0 spiro atoms. The van der Waals surface area contributed by atoms with Gasteiger partial charge in [0.15, 0.2) is 12.1 Å². The van der Waals surface area contributed by atoms with Gasteiger partial charge in [-0.25, -0.2) is 9.59 Å². The molecule has 2 rings (SSSR count). The van der Waals surface area contributed by atoms with Gasteiger partial charge in [-0.1, -0.05) is 0 Å². The van der Waals surface area contributed by atoms with E-state index in [4.69, 9.17) is 28.4 Å². The lowest BCUT2D eigenvalue weighted by Gasteiger charge is -2.27. The van der Waals surface area contributed by atoms with Gasteiger partial charge >= 0.3 is 12.1 Å². The van der Waals surface area contributed by atoms with Gasteiger partial charge in [0.1, 0.15) is 29.9 Å². The largest absolute Gasteiger partial charge is 0.461 e. The molecule has 0 saturated carbocycles. The van der Waals surface area contributed by atoms with Crippen molar-refractivity contribution in [1.29, 1.82) is 0 Å². The lowest BCUT2D eigenvalue weighted by Crippen LogP contribution is -2.53. The van der Waals surface area contributed by atoms with Crippen molar-refractivity contribution in [1.82, 2.24) is 10.6 Å². The van der Waals surface area contributed by atoms with Gasteiger partial charge < -0.3 is 39.1 Å². The van der Waals surface area contributed by atoms with E-state index in [0.717, 1.165) is 0 Å². The van der Waals surface area contributed by atoms with Gasteiger partial charge in [0.05, 0.1) is 12.2 Å². The third-order valence-electron chi connectivity index (χ3n) is 4.89. The minimum Gasteiger partial charge on any atom is -0.461 e. The number of carbonyl (C=O) groups excluding carboxylic acids is 3. The zero-order valence-corrected chi connectivity index (χ0v) is 20.9. The van der Waals surface area contributed by atoms with Gasteiger partial charge in [-0.05, 0) is 55.4 Å². The van der Waals surface area contributed by atoms with Crippen LogP contribution in [0.5, 0.6) is 0 Å². The molecule has 11 heteroatoms. The van der Waals surface area contributed by atoms with E-state index < -0.39 is 66.0 Å². The van der Waals surface area contributed by atoms with Crippen molar-refractivity contribution < 1.29 is 42.8 Å². The topological polar surface area (TPSA) is 131 Å². The van der Waals surface area contributed by atoms with E-state index in [1.807, 2.05) is 0 Å². The summed E-state index contributed by atoms with van der Waals surface area (Å²) in [6, 6.07) is -2.00. The van der Waals surface area contributed by atoms with Crippen LogP contribution in [0, 0.1) is 0 Å². The maximum Gasteiger partial charge on any atom is 0.408 e. The Hall–Kier alpha value is -1.95. The van der Waals surface area contributed by atoms with Gasteiger partial charge in [0.25, 0.3) is 0 Å². The molecule has 11 nitrogen and oxygen atoms in total. The Bertz CT molecular complexity index is 719. The van der Waals surface area contributed by atoms with Crippen LogP contribution in [-0.4, -0.2) is 79.3 Å². The minimum absolute atomic E-state index is 0.0664. The molecular weight excluding hydrogens is 436 g/mol. The molecule has 0 aromatic rings. The van der Waals surface area contributed by atoms with E-state index in [9.17, 15) is 14.4 Å². The Kier molecular flexibility index (Phi) is 8.72. The number of nitrogens with one attached hydrogen (secondary N) is 2. The average molecular weight is 475 g/mol. The Morgan fingerprint density at radius 2 is 1.64 bits per heavy atom. The highest BCUT2D eigenvalue weighted by atomic mass is 16.8. The van der Waals surface area contributed by atoms with Crippen molar-refractivity contribution in [3.8, 4) is 0 Å². The number of amides is 2. The third kappa shape index (κ3) is 7.80. The van der Waals surface area contributed by atoms with E-state index in [0.29, 0.717) is 0 Å². The highest BCUT2D eigenvalue weighted by Crippen LogP contribution is 2.40. The number of methoxy groups -OCH3 is 1. The van der Waals surface area contributed by atoms with Crippen LogP contribution in [0.1, 0.15) is 61.8 Å². The van der Waals surface area contributed by atoms with Crippen LogP contribution in [0.25, 0.3) is 0 Å². The number of rotatable bonds is 8. The molecule has 0 aliphatic carbocycles. The Labute approximate surface area is 195 Å². The second-order valence-corrected chi connectivity index (χ2v) is 9.99. The summed E-state index contributed by atoms with van der Waals surface area (Å²) in [4.78, 5) is 37.5. The van der Waals surface area contributed by atoms with Crippen molar-refractivity contribution in [3.05, 3.63) is 0 Å². The van der Waals surface area contributed by atoms with Crippen LogP contribution in [0.15, 0.2) is 0 Å². The van der Waals surface area contributed by atoms with Gasteiger partial charge in [-0.3, -0.25) is 4.79 Å². The first-order valence-corrected chi connectivity index (χ1v) is 11.2. The molecule has 190 valence electrons. The second kappa shape index (κ2) is 10.5. The summed E-state index contributed by atoms with van der Waals surface area (Å²) in [7, 11) is 1.50. The smallest absolute Gasteiger partial charge is 0.408 e. The van der Waals surface area contributed by atoms with Crippen molar-refractivity contribution in [3.63, 3.8) is 0 Å². The standard InChI is InChI=1S/C22H38N2O9/c1-11(2)29-18(26)13(24-17(25)12(3)23-20(27)33-21(4,5)6)10-14-15-16(19(28-9)30-14)32-22(7,8)31-15/h11-16,19H,10H2,1-9H3,(H,23,27)(H,24,25)/t12-,13-,14+,15-,16-,19-/m0/s1. The molecule has 0 aromatic heterocycles. The molecule has 0 bridgehead atoms. The fraction of sp³-hybridized carbons (Fsp3) is 0.864. The predicted molar refractivity (Wildman–Crippen MR) is 116 cm³/mol. The zero-order chi connectivity index (χ0) is 25.1. The molecule has 0 radical (unpaired) electrons. The normalized spacial score (nSPS) is 28.1. The Morgan fingerprint density at radius 3 is 2.18 bits per heavy atom. The maximum absolute atomic E-state index is 12.8. The van der Waals surface area contributed by atoms with E-state index >= 15 is 0 Å². The molecule has 2 saturated heterocycles. The van der Waals surface area contributed by atoms with Crippen molar-refractivity contribution in [2.45, 2.75) is 116 Å². The van der Waals surface area contributed by atoms with Crippen LogP contribution in [0.3, 0.4) is 0 Å². The predicted octanol–water partition coefficient (Wildman–Crippen LogP) is 1.62. The highest BCUT2D eigenvalue weighted by molar-refractivity contribution is 5.89. The fourth-order valence-electron chi connectivity index (χ4n) is 3.63. The lowest BCUT2D eigenvalue weighted by atomic mass is 10.0. The van der Waals surface area contributed by atoms with E-state index in [-0.39, 0.29) is 12.5 Å². The lowest BCUT2D eigenvalue weighted by molar-refractivity contribution is -0.228. The SMILES string of the molecule is CO[C@H]1O[C@H](C[C@H](NC(=O)[C@H](C)NC(=O)OC(C)(C)C)C(=O)OC(C)C)[C@@H]2OC(C)(C)O[C@H]12. The van der Waals surface area contributed by atoms with Gasteiger partial charge in [-0.15, -0.1) is 0 Å². The monoisotopic (exact) mass is 474 g/mol. The summed E-state index contributed by atoms with van der Waals surface area (Å²) >= 11 is 0. The number of hydrogen-bond acceptors (Lipinski definition) is 9. The molecule has 2 heterocycles. The molecule has 2 aliphatic heterocycles. The van der Waals surface area contributed by atoms with E-state index in [2.05, 4.69) is 10.6 Å². The van der Waals surface area contributed by atoms with Crippen molar-refractivity contribution >= 4 is 18.0 Å². The minimum atomic E-state index is -1.05. The molecule has 2 amide bonds. The van der Waals surface area contributed by atoms with E-state index in [1.54, 1.807) is 48.5 Å². The van der Waals surface area contributed by atoms with Crippen LogP contribution >= 0.6 is 0 Å². The third-order valence-corrected chi connectivity index (χ3v) is 4.89. The van der Waals surface area contributed by atoms with E-state index in [1.165, 1.54) is 14.0 Å². The van der Waals surface area contributed by atoms with Crippen LogP contribution in [-0.2, 0) is 38.0 Å². The van der Waals surface area contributed by atoms with Crippen molar-refractivity contribution in [2.75, 3.05) is 7.11 Å². The summed E-state index contributed by atoms with van der Waals surface area (Å²) in [6.07, 6.45) is -3.29. The molecule has 2 N–H and O–H groups in total. The molecule has 6 atom stereocenters. The number of hydrogen-bond donors (Lipinski definition) is 2. The summed E-state index contributed by atoms with van der Waals surface area (Å²) in [5.41, 5.74) is -0.713. The summed E-state index contributed by atoms with van der Waals surface area (Å²) < 4.78 is 33.6. The Balaban J connectivity index is 2.09. The van der Waals surface area contributed by atoms with Crippen LogP contribution in [0.2, 0.25) is 0 Å². The van der Waals surface area contributed by atoms with Gasteiger partial charge in [-0.2, -0.15) is 0 Å². The zero-order valence-electron chi connectivity index (χ0n) is 20.9. The summed E-state index contributed by atoms with van der Waals surface area (Å²) in [6.45, 7) is 13.6. The fourth-order valence-corrected chi connectivity index (χ4v) is 3.63. The maximum atomic E-state index is 12.8. The molecule has 0 aromatic carbocycles. The van der Waals surface area contributed by atoms with Crippen molar-refractivity contribution in [2.24, 2.45) is 0 Å². The van der Waals surface area contributed by atoms with Gasteiger partial charge in [0, 0.05) is 13.5 Å². The second-order valence-electron chi connectivity index (χ2n) is 9.99. The summed E-state index contributed by atoms with van der Waals surface area (Å²) in [5.74, 6) is -2.03. The highest BCUT2D eigenvalue weighted by Gasteiger charge is 2.56. The number of carbonyl (C=O) groups is 3. The number of alkyl carbamates (subject to hydrolysis) is 1. The average Bonchev–Trinajstić information content (AvgIpc) is 3.11. The first-order chi connectivity index (χ1) is 15.1. The molecule has 0 unspecified atom stereocenters. The molecule has 2 fully saturated rings.